The standard InChI is InChI=1S/C6H6BrNO2/c1-10-6(9)5-4(7)2-3-8-5/h2H,3H2,1H3. The second-order valence-electron chi connectivity index (χ2n) is 1.73. The second kappa shape index (κ2) is 2.96. The van der Waals surface area contributed by atoms with E-state index in [1.807, 2.05) is 6.08 Å². The Bertz CT molecular complexity index is 220. The summed E-state index contributed by atoms with van der Waals surface area (Å²) in [5.41, 5.74) is 0.377. The van der Waals surface area contributed by atoms with Crippen LogP contribution in [-0.4, -0.2) is 25.3 Å². The zero-order chi connectivity index (χ0) is 7.56. The zero-order valence-corrected chi connectivity index (χ0v) is 7.01. The Morgan fingerprint density at radius 3 is 3.00 bits per heavy atom. The Balaban J connectivity index is 2.75. The van der Waals surface area contributed by atoms with Gasteiger partial charge in [0.15, 0.2) is 5.71 Å². The van der Waals surface area contributed by atoms with Crippen LogP contribution in [0.3, 0.4) is 0 Å². The minimum absolute atomic E-state index is 0.377. The van der Waals surface area contributed by atoms with Gasteiger partial charge in [-0.15, -0.1) is 0 Å². The molecule has 0 atom stereocenters. The van der Waals surface area contributed by atoms with Gasteiger partial charge in [0.05, 0.1) is 13.7 Å². The van der Waals surface area contributed by atoms with Crippen molar-refractivity contribution >= 4 is 27.6 Å². The lowest BCUT2D eigenvalue weighted by Gasteiger charge is -1.96. The first kappa shape index (κ1) is 7.47. The number of carbonyl (C=O) groups excluding carboxylic acids is 1. The molecule has 0 aromatic heterocycles. The molecule has 0 radical (unpaired) electrons. The maximum atomic E-state index is 10.8. The number of ether oxygens (including phenoxy) is 1. The summed E-state index contributed by atoms with van der Waals surface area (Å²) in [5, 5.41) is 0. The average molecular weight is 204 g/mol. The van der Waals surface area contributed by atoms with Crippen molar-refractivity contribution in [3.05, 3.63) is 10.6 Å². The van der Waals surface area contributed by atoms with Crippen LogP contribution in [0.2, 0.25) is 0 Å². The first-order chi connectivity index (χ1) is 4.75. The highest BCUT2D eigenvalue weighted by Crippen LogP contribution is 2.13. The fraction of sp³-hybridized carbons (Fsp3) is 0.333. The molecule has 0 saturated carbocycles. The molecule has 0 spiro atoms. The predicted octanol–water partition coefficient (Wildman–Crippen LogP) is 0.893. The quantitative estimate of drug-likeness (QED) is 0.595. The highest BCUT2D eigenvalue weighted by atomic mass is 79.9. The van der Waals surface area contributed by atoms with Crippen molar-refractivity contribution in [2.75, 3.05) is 13.7 Å². The van der Waals surface area contributed by atoms with Gasteiger partial charge < -0.3 is 4.74 Å². The number of hydrogen-bond donors (Lipinski definition) is 0. The Labute approximate surface area is 66.9 Å². The van der Waals surface area contributed by atoms with Gasteiger partial charge in [0, 0.05) is 4.48 Å². The minimum Gasteiger partial charge on any atom is -0.464 e. The van der Waals surface area contributed by atoms with Crippen LogP contribution in [-0.2, 0) is 9.53 Å². The number of hydrogen-bond acceptors (Lipinski definition) is 3. The van der Waals surface area contributed by atoms with E-state index >= 15 is 0 Å². The summed E-state index contributed by atoms with van der Waals surface area (Å²) in [6.07, 6.45) is 1.81. The maximum absolute atomic E-state index is 10.8. The second-order valence-corrected chi connectivity index (χ2v) is 2.59. The van der Waals surface area contributed by atoms with E-state index < -0.39 is 0 Å². The fourth-order valence-corrected chi connectivity index (χ4v) is 1.08. The van der Waals surface area contributed by atoms with Crippen molar-refractivity contribution in [3.63, 3.8) is 0 Å². The van der Waals surface area contributed by atoms with Crippen LogP contribution in [0.1, 0.15) is 0 Å². The maximum Gasteiger partial charge on any atom is 0.357 e. The molecule has 1 rings (SSSR count). The van der Waals surface area contributed by atoms with Crippen LogP contribution in [0, 0.1) is 0 Å². The van der Waals surface area contributed by atoms with E-state index in [2.05, 4.69) is 25.7 Å². The summed E-state index contributed by atoms with van der Waals surface area (Å²) in [5.74, 6) is -0.388. The van der Waals surface area contributed by atoms with Gasteiger partial charge in [0.25, 0.3) is 0 Å². The number of halogens is 1. The number of methoxy groups -OCH3 is 1. The first-order valence-corrected chi connectivity index (χ1v) is 3.54. The molecule has 3 nitrogen and oxygen atoms in total. The molecule has 10 heavy (non-hydrogen) atoms. The smallest absolute Gasteiger partial charge is 0.357 e. The Kier molecular flexibility index (Phi) is 2.21. The third-order valence-corrected chi connectivity index (χ3v) is 1.82. The zero-order valence-electron chi connectivity index (χ0n) is 5.43. The van der Waals surface area contributed by atoms with Gasteiger partial charge in [-0.25, -0.2) is 4.79 Å². The predicted molar refractivity (Wildman–Crippen MR) is 41.3 cm³/mol. The Hall–Kier alpha value is -0.640. The van der Waals surface area contributed by atoms with E-state index in [1.165, 1.54) is 7.11 Å². The summed E-state index contributed by atoms with van der Waals surface area (Å²) in [7, 11) is 1.34. The monoisotopic (exact) mass is 203 g/mol. The largest absolute Gasteiger partial charge is 0.464 e. The van der Waals surface area contributed by atoms with Gasteiger partial charge in [0.1, 0.15) is 0 Å². The summed E-state index contributed by atoms with van der Waals surface area (Å²) in [6.45, 7) is 0.561. The van der Waals surface area contributed by atoms with Crippen LogP contribution in [0.5, 0.6) is 0 Å². The Morgan fingerprint density at radius 1 is 1.90 bits per heavy atom. The van der Waals surface area contributed by atoms with Gasteiger partial charge in [-0.05, 0) is 22.0 Å². The molecule has 0 amide bonds. The molecule has 54 valence electrons. The lowest BCUT2D eigenvalue weighted by molar-refractivity contribution is -0.132. The third-order valence-electron chi connectivity index (χ3n) is 1.12. The van der Waals surface area contributed by atoms with Crippen LogP contribution in [0.4, 0.5) is 0 Å². The molecule has 0 saturated heterocycles. The molecule has 0 aliphatic carbocycles. The van der Waals surface area contributed by atoms with E-state index in [4.69, 9.17) is 0 Å². The minimum atomic E-state index is -0.388. The van der Waals surface area contributed by atoms with Gasteiger partial charge in [-0.1, -0.05) is 0 Å². The molecule has 0 aromatic carbocycles. The third kappa shape index (κ3) is 1.26. The van der Waals surface area contributed by atoms with Crippen LogP contribution >= 0.6 is 15.9 Å². The van der Waals surface area contributed by atoms with Crippen LogP contribution < -0.4 is 0 Å². The van der Waals surface area contributed by atoms with E-state index in [0.717, 1.165) is 4.48 Å². The summed E-state index contributed by atoms with van der Waals surface area (Å²) < 4.78 is 5.19. The number of nitrogens with zero attached hydrogens (tertiary/aromatic N) is 1. The van der Waals surface area contributed by atoms with Crippen molar-refractivity contribution < 1.29 is 9.53 Å². The molecule has 1 aliphatic rings. The number of aliphatic imine (C=N–C) groups is 1. The molecule has 4 heteroatoms. The van der Waals surface area contributed by atoms with Crippen LogP contribution in [0.25, 0.3) is 0 Å². The van der Waals surface area contributed by atoms with E-state index in [0.29, 0.717) is 12.3 Å². The molecule has 0 unspecified atom stereocenters. The van der Waals surface area contributed by atoms with Crippen molar-refractivity contribution in [1.82, 2.24) is 0 Å². The first-order valence-electron chi connectivity index (χ1n) is 2.74. The molecular weight excluding hydrogens is 198 g/mol. The van der Waals surface area contributed by atoms with Crippen molar-refractivity contribution in [2.45, 2.75) is 0 Å². The lowest BCUT2D eigenvalue weighted by Crippen LogP contribution is -2.13. The van der Waals surface area contributed by atoms with Gasteiger partial charge in [-0.3, -0.25) is 4.99 Å². The SMILES string of the molecule is COC(=O)C1=NCC=C1Br. The molecule has 0 N–H and O–H groups in total. The van der Waals surface area contributed by atoms with E-state index in [-0.39, 0.29) is 5.97 Å². The molecule has 0 aromatic rings. The van der Waals surface area contributed by atoms with Crippen LogP contribution in [0.15, 0.2) is 15.6 Å². The van der Waals surface area contributed by atoms with Crippen molar-refractivity contribution in [3.8, 4) is 0 Å². The van der Waals surface area contributed by atoms with E-state index in [9.17, 15) is 4.79 Å². The highest BCUT2D eigenvalue weighted by molar-refractivity contribution is 9.12. The summed E-state index contributed by atoms with van der Waals surface area (Å²) >= 11 is 3.18. The topological polar surface area (TPSA) is 38.7 Å². The molecule has 0 bridgehead atoms. The Morgan fingerprint density at radius 2 is 2.60 bits per heavy atom. The average Bonchev–Trinajstić information content (AvgIpc) is 2.34. The van der Waals surface area contributed by atoms with Gasteiger partial charge in [0.2, 0.25) is 0 Å². The summed E-state index contributed by atoms with van der Waals surface area (Å²) in [4.78, 5) is 14.7. The van der Waals surface area contributed by atoms with Gasteiger partial charge in [-0.2, -0.15) is 0 Å². The van der Waals surface area contributed by atoms with Crippen molar-refractivity contribution in [2.24, 2.45) is 4.99 Å². The molecule has 1 heterocycles. The molecular formula is C6H6BrNO2. The summed E-state index contributed by atoms with van der Waals surface area (Å²) in [6, 6.07) is 0. The number of rotatable bonds is 1. The van der Waals surface area contributed by atoms with E-state index in [1.54, 1.807) is 0 Å². The highest BCUT2D eigenvalue weighted by Gasteiger charge is 2.17. The lowest BCUT2D eigenvalue weighted by atomic mass is 10.4. The number of carbonyl (C=O) groups is 1. The van der Waals surface area contributed by atoms with Gasteiger partial charge >= 0.3 is 5.97 Å². The number of esters is 1. The molecule has 1 aliphatic heterocycles. The molecule has 0 fully saturated rings. The normalized spacial score (nSPS) is 16.2. The van der Waals surface area contributed by atoms with Crippen molar-refractivity contribution in [1.29, 1.82) is 0 Å². The fourth-order valence-electron chi connectivity index (χ4n) is 0.648.